The first kappa shape index (κ1) is 56.3. The molecule has 366 valence electrons. The summed E-state index contributed by atoms with van der Waals surface area (Å²) in [6.45, 7) is 5.15. The minimum Gasteiger partial charge on any atom is -0.480 e. The van der Waals surface area contributed by atoms with Crippen LogP contribution < -0.4 is 38.1 Å². The zero-order valence-corrected chi connectivity index (χ0v) is 39.1. The number of primary amides is 2. The Hall–Kier alpha value is -5.84. The standard InChI is InChI=1S/C49H75N7O10/c1-33(2)30-39(46(62)54-38(45(51)61)31-36-24-18-15-19-25-36)55-48(64)44(34(3)57)56-43(60)27-21-13-11-9-7-5-4-6-8-10-12-20-26-42(59)52-40(32-41(50)58)47(63)53-37(49(65)66)29-28-35-22-16-14-17-23-35/h14-19,22-25,33-34,37-40,44,57H,4-13,20-21,26-32H2,1-3H3,(H2,50,58)(H2,51,61)(H,52,59)(H,53,63)(H,54,62)(H,55,64)(H,56,60)(H,65,66)/t34-,37+,38+,39+,40+,44+/m1/s1. The van der Waals surface area contributed by atoms with Gasteiger partial charge in [-0.1, -0.05) is 139 Å². The average molecular weight is 922 g/mol. The number of benzene rings is 2. The number of aryl methyl sites for hydroxylation is 1. The fourth-order valence-electron chi connectivity index (χ4n) is 7.46. The van der Waals surface area contributed by atoms with Gasteiger partial charge in [0, 0.05) is 19.3 Å². The van der Waals surface area contributed by atoms with Crippen molar-refractivity contribution in [1.29, 1.82) is 0 Å². The van der Waals surface area contributed by atoms with Gasteiger partial charge in [-0.25, -0.2) is 4.79 Å². The molecule has 0 spiro atoms. The molecule has 0 saturated heterocycles. The highest BCUT2D eigenvalue weighted by molar-refractivity contribution is 5.95. The highest BCUT2D eigenvalue weighted by atomic mass is 16.4. The molecule has 7 amide bonds. The number of carbonyl (C=O) groups is 8. The number of carboxylic acids is 1. The van der Waals surface area contributed by atoms with Crippen LogP contribution in [0.25, 0.3) is 0 Å². The summed E-state index contributed by atoms with van der Waals surface area (Å²) in [6, 6.07) is 12.6. The lowest BCUT2D eigenvalue weighted by molar-refractivity contribution is -0.142. The van der Waals surface area contributed by atoms with Crippen molar-refractivity contribution < 1.29 is 48.6 Å². The number of carboxylic acid groups (broad SMARTS) is 1. The van der Waals surface area contributed by atoms with Crippen LogP contribution in [0.15, 0.2) is 60.7 Å². The fraction of sp³-hybridized carbons (Fsp3) is 0.592. The molecule has 0 unspecified atom stereocenters. The SMILES string of the molecule is CC(C)C[C@H](NC(=O)[C@@H](NC(=O)CCCCCCCCCCCCCCC(=O)N[C@@H](CC(N)=O)C(=O)N[C@@H](CCc1ccccc1)C(=O)O)[C@@H](C)O)C(=O)N[C@@H](Cc1ccccc1)C(N)=O. The minimum absolute atomic E-state index is 0.00431. The third kappa shape index (κ3) is 24.4. The molecule has 0 heterocycles. The molecule has 2 aromatic rings. The Bertz CT molecular complexity index is 1810. The molecule has 0 fully saturated rings. The Morgan fingerprint density at radius 1 is 0.530 bits per heavy atom. The van der Waals surface area contributed by atoms with E-state index in [1.54, 1.807) is 0 Å². The van der Waals surface area contributed by atoms with Crippen LogP contribution in [-0.2, 0) is 51.2 Å². The van der Waals surface area contributed by atoms with Crippen LogP contribution in [0.5, 0.6) is 0 Å². The second-order valence-corrected chi connectivity index (χ2v) is 17.6. The van der Waals surface area contributed by atoms with Gasteiger partial charge in [-0.05, 0) is 56.1 Å². The molecule has 0 radical (unpaired) electrons. The van der Waals surface area contributed by atoms with E-state index in [4.69, 9.17) is 11.5 Å². The number of carbonyl (C=O) groups excluding carboxylic acids is 7. The van der Waals surface area contributed by atoms with Gasteiger partial charge in [-0.15, -0.1) is 0 Å². The Labute approximate surface area is 389 Å². The van der Waals surface area contributed by atoms with E-state index in [0.29, 0.717) is 19.3 Å². The summed E-state index contributed by atoms with van der Waals surface area (Å²) in [6.07, 6.45) is 10.7. The van der Waals surface area contributed by atoms with Gasteiger partial charge in [0.1, 0.15) is 30.2 Å². The number of nitrogens with two attached hydrogens (primary N) is 2. The van der Waals surface area contributed by atoms with E-state index in [0.717, 1.165) is 75.3 Å². The number of hydrogen-bond donors (Lipinski definition) is 9. The number of rotatable bonds is 35. The van der Waals surface area contributed by atoms with Crippen LogP contribution in [0.4, 0.5) is 0 Å². The zero-order chi connectivity index (χ0) is 48.9. The highest BCUT2D eigenvalue weighted by Gasteiger charge is 2.32. The third-order valence-electron chi connectivity index (χ3n) is 11.2. The predicted octanol–water partition coefficient (Wildman–Crippen LogP) is 3.62. The lowest BCUT2D eigenvalue weighted by Gasteiger charge is -2.26. The third-order valence-corrected chi connectivity index (χ3v) is 11.2. The summed E-state index contributed by atoms with van der Waals surface area (Å²) in [5.74, 6) is -5.59. The summed E-state index contributed by atoms with van der Waals surface area (Å²) in [5, 5.41) is 33.0. The molecule has 66 heavy (non-hydrogen) atoms. The van der Waals surface area contributed by atoms with Gasteiger partial charge in [-0.3, -0.25) is 33.6 Å². The van der Waals surface area contributed by atoms with Crippen LogP contribution >= 0.6 is 0 Å². The number of aliphatic hydroxyl groups excluding tert-OH is 1. The molecule has 17 heteroatoms. The minimum atomic E-state index is -1.28. The molecule has 11 N–H and O–H groups in total. The Balaban J connectivity index is 1.61. The highest BCUT2D eigenvalue weighted by Crippen LogP contribution is 2.14. The van der Waals surface area contributed by atoms with Crippen LogP contribution in [-0.4, -0.2) is 93.8 Å². The number of aliphatic hydroxyl groups is 1. The molecule has 17 nitrogen and oxygen atoms in total. The van der Waals surface area contributed by atoms with E-state index in [-0.39, 0.29) is 43.9 Å². The maximum atomic E-state index is 13.3. The second-order valence-electron chi connectivity index (χ2n) is 17.6. The maximum absolute atomic E-state index is 13.3. The van der Waals surface area contributed by atoms with Gasteiger partial charge in [0.05, 0.1) is 12.5 Å². The lowest BCUT2D eigenvalue weighted by atomic mass is 10.0. The smallest absolute Gasteiger partial charge is 0.326 e. The first-order valence-corrected chi connectivity index (χ1v) is 23.5. The number of aliphatic carboxylic acids is 1. The molecule has 0 saturated carbocycles. The van der Waals surface area contributed by atoms with Gasteiger partial charge < -0.3 is 48.3 Å². The van der Waals surface area contributed by atoms with Gasteiger partial charge >= 0.3 is 5.97 Å². The van der Waals surface area contributed by atoms with E-state index in [9.17, 15) is 48.6 Å². The van der Waals surface area contributed by atoms with Crippen molar-refractivity contribution >= 4 is 47.3 Å². The molecule has 0 aliphatic rings. The summed E-state index contributed by atoms with van der Waals surface area (Å²) in [4.78, 5) is 101. The van der Waals surface area contributed by atoms with Crippen molar-refractivity contribution in [3.05, 3.63) is 71.8 Å². The summed E-state index contributed by atoms with van der Waals surface area (Å²) < 4.78 is 0. The topological polar surface area (TPSA) is 289 Å². The van der Waals surface area contributed by atoms with Crippen LogP contribution in [0.3, 0.4) is 0 Å². The maximum Gasteiger partial charge on any atom is 0.326 e. The number of hydrogen-bond acceptors (Lipinski definition) is 9. The van der Waals surface area contributed by atoms with E-state index >= 15 is 0 Å². The van der Waals surface area contributed by atoms with Crippen molar-refractivity contribution in [1.82, 2.24) is 26.6 Å². The molecule has 2 aromatic carbocycles. The van der Waals surface area contributed by atoms with Crippen molar-refractivity contribution in [2.24, 2.45) is 17.4 Å². The van der Waals surface area contributed by atoms with E-state index in [1.165, 1.54) is 6.92 Å². The summed E-state index contributed by atoms with van der Waals surface area (Å²) in [5.41, 5.74) is 12.6. The van der Waals surface area contributed by atoms with E-state index in [1.807, 2.05) is 74.5 Å². The van der Waals surface area contributed by atoms with Gasteiger partial charge in [0.25, 0.3) is 0 Å². The van der Waals surface area contributed by atoms with E-state index in [2.05, 4.69) is 26.6 Å². The molecule has 0 bridgehead atoms. The van der Waals surface area contributed by atoms with Crippen molar-refractivity contribution in [2.45, 2.75) is 179 Å². The van der Waals surface area contributed by atoms with Crippen LogP contribution in [0, 0.1) is 5.92 Å². The zero-order valence-electron chi connectivity index (χ0n) is 39.1. The molecule has 0 aliphatic carbocycles. The Kier molecular flexibility index (Phi) is 27.2. The van der Waals surface area contributed by atoms with Crippen molar-refractivity contribution in [3.8, 4) is 0 Å². The largest absolute Gasteiger partial charge is 0.480 e. The van der Waals surface area contributed by atoms with Crippen LogP contribution in [0.1, 0.15) is 141 Å². The second kappa shape index (κ2) is 31.9. The number of nitrogens with one attached hydrogen (secondary N) is 5. The lowest BCUT2D eigenvalue weighted by Crippen LogP contribution is -2.59. The summed E-state index contributed by atoms with van der Waals surface area (Å²) >= 11 is 0. The molecular formula is C49H75N7O10. The van der Waals surface area contributed by atoms with Crippen molar-refractivity contribution in [2.75, 3.05) is 0 Å². The molecule has 2 rings (SSSR count). The van der Waals surface area contributed by atoms with Gasteiger partial charge in [-0.2, -0.15) is 0 Å². The monoisotopic (exact) mass is 922 g/mol. The fourth-order valence-corrected chi connectivity index (χ4v) is 7.46. The van der Waals surface area contributed by atoms with Gasteiger partial charge in [0.15, 0.2) is 0 Å². The predicted molar refractivity (Wildman–Crippen MR) is 251 cm³/mol. The normalized spacial score (nSPS) is 13.8. The average Bonchev–Trinajstić information content (AvgIpc) is 3.26. The van der Waals surface area contributed by atoms with E-state index < -0.39 is 84.1 Å². The van der Waals surface area contributed by atoms with Crippen molar-refractivity contribution in [3.63, 3.8) is 0 Å². The van der Waals surface area contributed by atoms with Crippen LogP contribution in [0.2, 0.25) is 0 Å². The molecule has 6 atom stereocenters. The summed E-state index contributed by atoms with van der Waals surface area (Å²) in [7, 11) is 0. The molecular weight excluding hydrogens is 847 g/mol. The number of unbranched alkanes of at least 4 members (excludes halogenated alkanes) is 11. The Morgan fingerprint density at radius 3 is 1.42 bits per heavy atom. The first-order valence-electron chi connectivity index (χ1n) is 23.5. The molecule has 0 aromatic heterocycles. The Morgan fingerprint density at radius 2 is 0.970 bits per heavy atom. The quantitative estimate of drug-likeness (QED) is 0.0453. The number of amides is 7. The van der Waals surface area contributed by atoms with Gasteiger partial charge in [0.2, 0.25) is 41.4 Å². The molecule has 0 aliphatic heterocycles. The first-order chi connectivity index (χ1) is 31.5.